The molecule has 4 heteroatoms. The minimum absolute atomic E-state index is 0.0408. The van der Waals surface area contributed by atoms with Gasteiger partial charge in [0.05, 0.1) is 5.69 Å². The summed E-state index contributed by atoms with van der Waals surface area (Å²) in [6, 6.07) is 9.73. The predicted molar refractivity (Wildman–Crippen MR) is 79.0 cm³/mol. The first-order valence-corrected chi connectivity index (χ1v) is 6.95. The Hall–Kier alpha value is -2.10. The highest BCUT2D eigenvalue weighted by Gasteiger charge is 2.24. The van der Waals surface area contributed by atoms with E-state index in [2.05, 4.69) is 12.1 Å². The number of nitrogens with zero attached hydrogens (tertiary/aromatic N) is 2. The zero-order chi connectivity index (χ0) is 14.5. The minimum atomic E-state index is -0.0408. The molecule has 2 rings (SSSR count). The zero-order valence-corrected chi connectivity index (χ0v) is 12.2. The van der Waals surface area contributed by atoms with E-state index in [-0.39, 0.29) is 5.91 Å². The molecule has 2 aromatic rings. The Balaban J connectivity index is 2.34. The van der Waals surface area contributed by atoms with E-state index in [1.165, 1.54) is 0 Å². The lowest BCUT2D eigenvalue weighted by Crippen LogP contribution is -2.32. The monoisotopic (exact) mass is 272 g/mol. The van der Waals surface area contributed by atoms with Gasteiger partial charge in [-0.2, -0.15) is 0 Å². The number of rotatable bonds is 5. The summed E-state index contributed by atoms with van der Waals surface area (Å²) in [6.07, 6.45) is 2.00. The second-order valence-corrected chi connectivity index (χ2v) is 4.85. The molecule has 0 aliphatic heterocycles. The molecule has 0 aliphatic rings. The smallest absolute Gasteiger partial charge is 0.263 e. The van der Waals surface area contributed by atoms with Gasteiger partial charge in [-0.25, -0.2) is 0 Å². The van der Waals surface area contributed by atoms with Crippen molar-refractivity contribution in [3.8, 4) is 0 Å². The number of carbonyl (C=O) groups is 1. The molecule has 0 bridgehead atoms. The zero-order valence-electron chi connectivity index (χ0n) is 12.2. The quantitative estimate of drug-likeness (QED) is 0.833. The highest BCUT2D eigenvalue weighted by Crippen LogP contribution is 2.21. The first-order chi connectivity index (χ1) is 9.65. The van der Waals surface area contributed by atoms with Crippen LogP contribution in [0.4, 0.5) is 5.69 Å². The molecule has 1 aromatic heterocycles. The number of benzene rings is 1. The molecule has 0 saturated carbocycles. The Bertz CT molecular complexity index is 556. The number of hydrogen-bond acceptors (Lipinski definition) is 3. The van der Waals surface area contributed by atoms with Crippen molar-refractivity contribution in [3.63, 3.8) is 0 Å². The van der Waals surface area contributed by atoms with Gasteiger partial charge in [-0.05, 0) is 32.4 Å². The van der Waals surface area contributed by atoms with E-state index in [0.29, 0.717) is 23.6 Å². The van der Waals surface area contributed by atoms with Gasteiger partial charge in [0.15, 0.2) is 0 Å². The van der Waals surface area contributed by atoms with Gasteiger partial charge in [0.2, 0.25) is 0 Å². The number of unbranched alkanes of at least 4 members (excludes halogenated alkanes) is 1. The van der Waals surface area contributed by atoms with Crippen LogP contribution in [0.15, 0.2) is 34.9 Å². The molecule has 4 nitrogen and oxygen atoms in total. The van der Waals surface area contributed by atoms with E-state index in [4.69, 9.17) is 4.52 Å². The maximum atomic E-state index is 12.8. The van der Waals surface area contributed by atoms with Crippen molar-refractivity contribution in [2.75, 3.05) is 11.4 Å². The summed E-state index contributed by atoms with van der Waals surface area (Å²) >= 11 is 0. The van der Waals surface area contributed by atoms with Crippen molar-refractivity contribution >= 4 is 11.6 Å². The molecule has 0 saturated heterocycles. The summed E-state index contributed by atoms with van der Waals surface area (Å²) in [6.45, 7) is 6.38. The summed E-state index contributed by atoms with van der Waals surface area (Å²) < 4.78 is 5.11. The van der Waals surface area contributed by atoms with Gasteiger partial charge in [0.1, 0.15) is 11.3 Å². The van der Waals surface area contributed by atoms with E-state index < -0.39 is 0 Å². The lowest BCUT2D eigenvalue weighted by Gasteiger charge is -2.22. The Kier molecular flexibility index (Phi) is 4.56. The number of amides is 1. The van der Waals surface area contributed by atoms with Crippen molar-refractivity contribution in [2.24, 2.45) is 0 Å². The summed E-state index contributed by atoms with van der Waals surface area (Å²) in [5.41, 5.74) is 2.13. The van der Waals surface area contributed by atoms with Crippen LogP contribution < -0.4 is 4.90 Å². The first-order valence-electron chi connectivity index (χ1n) is 6.95. The molecule has 0 N–H and O–H groups in total. The average molecular weight is 272 g/mol. The molecule has 0 atom stereocenters. The van der Waals surface area contributed by atoms with Gasteiger partial charge >= 0.3 is 0 Å². The van der Waals surface area contributed by atoms with E-state index in [0.717, 1.165) is 18.5 Å². The molecule has 0 spiro atoms. The number of hydrogen-bond donors (Lipinski definition) is 0. The fourth-order valence-corrected chi connectivity index (χ4v) is 2.20. The number of aromatic nitrogens is 1. The van der Waals surface area contributed by atoms with E-state index in [1.807, 2.05) is 30.3 Å². The van der Waals surface area contributed by atoms with Gasteiger partial charge in [-0.3, -0.25) is 4.79 Å². The van der Waals surface area contributed by atoms with E-state index in [9.17, 15) is 4.79 Å². The summed E-state index contributed by atoms with van der Waals surface area (Å²) in [7, 11) is 0. The Morgan fingerprint density at radius 3 is 2.50 bits per heavy atom. The highest BCUT2D eigenvalue weighted by atomic mass is 16.5. The standard InChI is InChI=1S/C16H20N2O2/c1-4-5-11-18(14-9-7-6-8-10-14)16(19)15-12(2)17-20-13(15)3/h6-10H,4-5,11H2,1-3H3. The molecule has 0 aliphatic carbocycles. The molecule has 1 aromatic carbocycles. The second-order valence-electron chi connectivity index (χ2n) is 4.85. The van der Waals surface area contributed by atoms with Crippen LogP contribution >= 0.6 is 0 Å². The van der Waals surface area contributed by atoms with Crippen LogP contribution in [-0.4, -0.2) is 17.6 Å². The number of para-hydroxylation sites is 1. The summed E-state index contributed by atoms with van der Waals surface area (Å²) in [5.74, 6) is 0.533. The largest absolute Gasteiger partial charge is 0.361 e. The summed E-state index contributed by atoms with van der Waals surface area (Å²) in [4.78, 5) is 14.6. The van der Waals surface area contributed by atoms with Gasteiger partial charge in [0, 0.05) is 12.2 Å². The maximum absolute atomic E-state index is 12.8. The van der Waals surface area contributed by atoms with Crippen molar-refractivity contribution in [3.05, 3.63) is 47.3 Å². The molecule has 0 unspecified atom stereocenters. The van der Waals surface area contributed by atoms with Crippen molar-refractivity contribution < 1.29 is 9.32 Å². The maximum Gasteiger partial charge on any atom is 0.263 e. The number of anilines is 1. The highest BCUT2D eigenvalue weighted by molar-refractivity contribution is 6.07. The normalized spacial score (nSPS) is 10.6. The molecule has 1 amide bonds. The fraction of sp³-hybridized carbons (Fsp3) is 0.375. The third-order valence-electron chi connectivity index (χ3n) is 3.30. The molecule has 0 radical (unpaired) electrons. The molecular formula is C16H20N2O2. The van der Waals surface area contributed by atoms with Gasteiger partial charge in [0.25, 0.3) is 5.91 Å². The van der Waals surface area contributed by atoms with Crippen LogP contribution in [-0.2, 0) is 0 Å². The Labute approximate surface area is 119 Å². The van der Waals surface area contributed by atoms with Crippen molar-refractivity contribution in [1.29, 1.82) is 0 Å². The lowest BCUT2D eigenvalue weighted by molar-refractivity contribution is 0.0984. The average Bonchev–Trinajstić information content (AvgIpc) is 2.79. The minimum Gasteiger partial charge on any atom is -0.361 e. The molecule has 1 heterocycles. The molecule has 0 fully saturated rings. The predicted octanol–water partition coefficient (Wildman–Crippen LogP) is 3.74. The third-order valence-corrected chi connectivity index (χ3v) is 3.30. The molecule has 106 valence electrons. The molecule has 20 heavy (non-hydrogen) atoms. The Morgan fingerprint density at radius 2 is 1.95 bits per heavy atom. The number of aryl methyl sites for hydroxylation is 2. The van der Waals surface area contributed by atoms with Gasteiger partial charge in [-0.15, -0.1) is 0 Å². The molecular weight excluding hydrogens is 252 g/mol. The van der Waals surface area contributed by atoms with E-state index >= 15 is 0 Å². The fourth-order valence-electron chi connectivity index (χ4n) is 2.20. The third kappa shape index (κ3) is 2.90. The van der Waals surface area contributed by atoms with Crippen molar-refractivity contribution in [2.45, 2.75) is 33.6 Å². The number of carbonyl (C=O) groups excluding carboxylic acids is 1. The lowest BCUT2D eigenvalue weighted by atomic mass is 10.1. The second kappa shape index (κ2) is 6.37. The topological polar surface area (TPSA) is 46.3 Å². The van der Waals surface area contributed by atoms with Crippen molar-refractivity contribution in [1.82, 2.24) is 5.16 Å². The SMILES string of the molecule is CCCCN(C(=O)c1c(C)noc1C)c1ccccc1. The van der Waals surface area contributed by atoms with Crippen LogP contribution in [0.1, 0.15) is 41.6 Å². The van der Waals surface area contributed by atoms with Gasteiger partial charge in [-0.1, -0.05) is 36.7 Å². The van der Waals surface area contributed by atoms with Crippen LogP contribution in [0.25, 0.3) is 0 Å². The van der Waals surface area contributed by atoms with E-state index in [1.54, 1.807) is 18.7 Å². The van der Waals surface area contributed by atoms with Gasteiger partial charge < -0.3 is 9.42 Å². The van der Waals surface area contributed by atoms with Crippen LogP contribution in [0, 0.1) is 13.8 Å². The van der Waals surface area contributed by atoms with Crippen LogP contribution in [0.3, 0.4) is 0 Å². The first kappa shape index (κ1) is 14.3. The Morgan fingerprint density at radius 1 is 1.25 bits per heavy atom. The van der Waals surface area contributed by atoms with Crippen LogP contribution in [0.5, 0.6) is 0 Å². The van der Waals surface area contributed by atoms with Crippen LogP contribution in [0.2, 0.25) is 0 Å². The summed E-state index contributed by atoms with van der Waals surface area (Å²) in [5, 5.41) is 3.87.